The molecule has 3 aromatic carbocycles. The van der Waals surface area contributed by atoms with E-state index in [-0.39, 0.29) is 29.7 Å². The average Bonchev–Trinajstić information content (AvgIpc) is 2.90. The Morgan fingerprint density at radius 3 is 2.29 bits per heavy atom. The fraction of sp³-hybridized carbons (Fsp3) is 0.357. The van der Waals surface area contributed by atoms with Gasteiger partial charge in [-0.15, -0.1) is 0 Å². The van der Waals surface area contributed by atoms with Gasteiger partial charge in [-0.25, -0.2) is 0 Å². The van der Waals surface area contributed by atoms with Gasteiger partial charge in [0.1, 0.15) is 17.3 Å². The first-order valence-electron chi connectivity index (χ1n) is 11.6. The molecule has 6 atom stereocenters. The minimum absolute atomic E-state index is 0.118. The molecule has 0 spiro atoms. The van der Waals surface area contributed by atoms with E-state index in [9.17, 15) is 0 Å². The fourth-order valence-electron chi connectivity index (χ4n) is 4.47. The molecule has 2 fully saturated rings. The Labute approximate surface area is 205 Å². The van der Waals surface area contributed by atoms with Gasteiger partial charge in [0.15, 0.2) is 6.29 Å². The Morgan fingerprint density at radius 2 is 1.59 bits per heavy atom. The van der Waals surface area contributed by atoms with Crippen LogP contribution < -0.4 is 4.74 Å². The van der Waals surface area contributed by atoms with Crippen molar-refractivity contribution in [2.24, 2.45) is 5.92 Å². The molecule has 0 radical (unpaired) electrons. The molecule has 2 aliphatic rings. The van der Waals surface area contributed by atoms with Crippen molar-refractivity contribution in [3.05, 3.63) is 96.1 Å². The highest BCUT2D eigenvalue weighted by Gasteiger charge is 2.48. The van der Waals surface area contributed by atoms with Crippen LogP contribution in [0.4, 0.5) is 0 Å². The molecule has 178 valence electrons. The highest BCUT2D eigenvalue weighted by Crippen LogP contribution is 2.42. The summed E-state index contributed by atoms with van der Waals surface area (Å²) in [7, 11) is 1.67. The predicted octanol–water partition coefficient (Wildman–Crippen LogP) is 5.85. The van der Waals surface area contributed by atoms with Gasteiger partial charge in [0.25, 0.3) is 0 Å². The second-order valence-electron chi connectivity index (χ2n) is 8.63. The second kappa shape index (κ2) is 10.9. The molecule has 0 aromatic heterocycles. The first kappa shape index (κ1) is 23.4. The van der Waals surface area contributed by atoms with Crippen molar-refractivity contribution >= 4 is 11.8 Å². The Kier molecular flexibility index (Phi) is 7.52. The van der Waals surface area contributed by atoms with Gasteiger partial charge in [-0.1, -0.05) is 79.3 Å². The Balaban J connectivity index is 1.34. The van der Waals surface area contributed by atoms with Crippen LogP contribution in [0.3, 0.4) is 0 Å². The van der Waals surface area contributed by atoms with E-state index < -0.39 is 6.29 Å². The van der Waals surface area contributed by atoms with Gasteiger partial charge in [-0.05, 0) is 29.8 Å². The molecule has 34 heavy (non-hydrogen) atoms. The highest BCUT2D eigenvalue weighted by molar-refractivity contribution is 7.99. The number of hydrogen-bond donors (Lipinski definition) is 0. The summed E-state index contributed by atoms with van der Waals surface area (Å²) in [4.78, 5) is 1.15. The molecule has 0 aliphatic carbocycles. The standard InChI is InChI=1S/C28H30O5S/c1-19-25-24(18-31-27(33-25)21-9-5-3-6-10-21)32-28(34-23-11-7-4-8-12-23)26(19)30-17-20-13-15-22(29-2)16-14-20/h3-16,19,24-28H,17-18H2,1-2H3/t19-,24?,25+,26?,27?,28-/m0/s1. The van der Waals surface area contributed by atoms with Crippen LogP contribution in [-0.4, -0.2) is 37.5 Å². The number of ether oxygens (including phenoxy) is 5. The number of hydrogen-bond acceptors (Lipinski definition) is 6. The maximum absolute atomic E-state index is 6.55. The summed E-state index contributed by atoms with van der Waals surface area (Å²) in [6.45, 7) is 3.18. The van der Waals surface area contributed by atoms with Gasteiger partial charge in [-0.3, -0.25) is 0 Å². The lowest BCUT2D eigenvalue weighted by atomic mass is 9.90. The van der Waals surface area contributed by atoms with Crippen molar-refractivity contribution in [3.8, 4) is 5.75 Å². The zero-order valence-electron chi connectivity index (χ0n) is 19.4. The van der Waals surface area contributed by atoms with Crippen molar-refractivity contribution in [1.82, 2.24) is 0 Å². The maximum atomic E-state index is 6.55. The molecule has 0 bridgehead atoms. The number of methoxy groups -OCH3 is 1. The summed E-state index contributed by atoms with van der Waals surface area (Å²) >= 11 is 1.69. The summed E-state index contributed by atoms with van der Waals surface area (Å²) in [6, 6.07) is 28.4. The van der Waals surface area contributed by atoms with E-state index in [0.29, 0.717) is 13.2 Å². The van der Waals surface area contributed by atoms with E-state index in [0.717, 1.165) is 21.8 Å². The largest absolute Gasteiger partial charge is 0.497 e. The van der Waals surface area contributed by atoms with Crippen molar-refractivity contribution < 1.29 is 23.7 Å². The van der Waals surface area contributed by atoms with Gasteiger partial charge in [0, 0.05) is 16.4 Å². The number of fused-ring (bicyclic) bond motifs is 1. The number of benzene rings is 3. The third-order valence-corrected chi connectivity index (χ3v) is 7.50. The lowest BCUT2D eigenvalue weighted by Crippen LogP contribution is -2.57. The summed E-state index contributed by atoms with van der Waals surface area (Å²) in [5, 5.41) is 0. The molecular formula is C28H30O5S. The van der Waals surface area contributed by atoms with Crippen molar-refractivity contribution in [2.45, 2.75) is 48.5 Å². The van der Waals surface area contributed by atoms with Crippen LogP contribution in [0.15, 0.2) is 89.8 Å². The van der Waals surface area contributed by atoms with E-state index >= 15 is 0 Å². The lowest BCUT2D eigenvalue weighted by Gasteiger charge is -2.48. The van der Waals surface area contributed by atoms with Crippen LogP contribution in [0.25, 0.3) is 0 Å². The monoisotopic (exact) mass is 478 g/mol. The molecule has 5 nitrogen and oxygen atoms in total. The van der Waals surface area contributed by atoms with Gasteiger partial charge in [0.2, 0.25) is 0 Å². The predicted molar refractivity (Wildman–Crippen MR) is 132 cm³/mol. The normalized spacial score (nSPS) is 28.8. The van der Waals surface area contributed by atoms with Gasteiger partial charge < -0.3 is 23.7 Å². The molecule has 5 rings (SSSR count). The van der Waals surface area contributed by atoms with E-state index in [4.69, 9.17) is 23.7 Å². The number of rotatable bonds is 7. The Bertz CT molecular complexity index is 1030. The van der Waals surface area contributed by atoms with Crippen LogP contribution in [0, 0.1) is 5.92 Å². The molecule has 3 aromatic rings. The van der Waals surface area contributed by atoms with Crippen molar-refractivity contribution in [2.75, 3.05) is 13.7 Å². The van der Waals surface area contributed by atoms with Crippen LogP contribution in [0.5, 0.6) is 5.75 Å². The Hall–Kier alpha value is -2.35. The zero-order valence-corrected chi connectivity index (χ0v) is 20.2. The van der Waals surface area contributed by atoms with Gasteiger partial charge in [-0.2, -0.15) is 0 Å². The lowest BCUT2D eigenvalue weighted by molar-refractivity contribution is -0.311. The topological polar surface area (TPSA) is 46.2 Å². The minimum Gasteiger partial charge on any atom is -0.497 e. The van der Waals surface area contributed by atoms with E-state index in [2.05, 4.69) is 19.1 Å². The smallest absolute Gasteiger partial charge is 0.184 e. The van der Waals surface area contributed by atoms with E-state index in [1.807, 2.05) is 72.8 Å². The van der Waals surface area contributed by atoms with Crippen LogP contribution >= 0.6 is 11.8 Å². The molecule has 2 saturated heterocycles. The van der Waals surface area contributed by atoms with Gasteiger partial charge in [0.05, 0.1) is 32.5 Å². The molecule has 3 unspecified atom stereocenters. The quantitative estimate of drug-likeness (QED) is 0.425. The van der Waals surface area contributed by atoms with Crippen LogP contribution in [-0.2, 0) is 25.6 Å². The zero-order chi connectivity index (χ0) is 23.3. The summed E-state index contributed by atoms with van der Waals surface area (Å²) in [5.74, 6) is 0.953. The molecule has 2 heterocycles. The summed E-state index contributed by atoms with van der Waals surface area (Å²) in [5.41, 5.74) is 1.94. The molecule has 0 N–H and O–H groups in total. The molecule has 0 amide bonds. The van der Waals surface area contributed by atoms with Crippen molar-refractivity contribution in [1.29, 1.82) is 0 Å². The van der Waals surface area contributed by atoms with Gasteiger partial charge >= 0.3 is 0 Å². The summed E-state index contributed by atoms with van der Waals surface area (Å²) < 4.78 is 30.9. The first-order chi connectivity index (χ1) is 16.7. The van der Waals surface area contributed by atoms with Crippen molar-refractivity contribution in [3.63, 3.8) is 0 Å². The molecule has 2 aliphatic heterocycles. The van der Waals surface area contributed by atoms with E-state index in [1.54, 1.807) is 18.9 Å². The fourth-order valence-corrected chi connectivity index (χ4v) is 5.71. The summed E-state index contributed by atoms with van der Waals surface area (Å²) in [6.07, 6.45) is -0.804. The van der Waals surface area contributed by atoms with Crippen LogP contribution in [0.2, 0.25) is 0 Å². The third kappa shape index (κ3) is 5.32. The molecule has 0 saturated carbocycles. The minimum atomic E-state index is -0.394. The first-order valence-corrected chi connectivity index (χ1v) is 12.5. The van der Waals surface area contributed by atoms with E-state index in [1.165, 1.54) is 0 Å². The molecular weight excluding hydrogens is 448 g/mol. The van der Waals surface area contributed by atoms with Crippen LogP contribution in [0.1, 0.15) is 24.3 Å². The average molecular weight is 479 g/mol. The highest BCUT2D eigenvalue weighted by atomic mass is 32.2. The third-order valence-electron chi connectivity index (χ3n) is 6.34. The molecule has 6 heteroatoms. The SMILES string of the molecule is COc1ccc(COC2[C@@H](C)[C@H]3OC(c4ccccc4)OCC3O[C@H]2Sc2ccccc2)cc1. The maximum Gasteiger partial charge on any atom is 0.184 e. The number of thioether (sulfide) groups is 1. The Morgan fingerprint density at radius 1 is 0.882 bits per heavy atom. The second-order valence-corrected chi connectivity index (χ2v) is 9.81.